The Kier molecular flexibility index (Phi) is 2.04. The van der Waals surface area contributed by atoms with Gasteiger partial charge in [-0.15, -0.1) is 0 Å². The molecule has 0 nitrogen and oxygen atoms in total. The Hall–Kier alpha value is -0.440. The third-order valence-corrected chi connectivity index (χ3v) is 1.81. The molecule has 1 aromatic rings. The third kappa shape index (κ3) is 1.34. The topological polar surface area (TPSA) is 0 Å². The first-order valence-corrected chi connectivity index (χ1v) is 3.51. The van der Waals surface area contributed by atoms with Crippen LogP contribution in [-0.4, -0.2) is 0 Å². The minimum atomic E-state index is -0.432. The second-order valence-corrected chi connectivity index (χ2v) is 2.87. The smallest absolute Gasteiger partial charge is 0.137 e. The molecule has 0 fully saturated rings. The van der Waals surface area contributed by atoms with Gasteiger partial charge in [-0.1, -0.05) is 0 Å². The molecule has 3 heteroatoms. The highest BCUT2D eigenvalue weighted by Crippen LogP contribution is 2.18. The standard InChI is InChI=1S/C7H5BrF2/c1-4-2-7(10)5(8)3-6(4)9/h2-3H,1H3. The van der Waals surface area contributed by atoms with Gasteiger partial charge in [-0.2, -0.15) is 0 Å². The number of rotatable bonds is 0. The highest BCUT2D eigenvalue weighted by molar-refractivity contribution is 9.10. The van der Waals surface area contributed by atoms with Crippen molar-refractivity contribution in [2.75, 3.05) is 0 Å². The van der Waals surface area contributed by atoms with Gasteiger partial charge in [0.05, 0.1) is 4.47 Å². The second-order valence-electron chi connectivity index (χ2n) is 2.02. The monoisotopic (exact) mass is 206 g/mol. The van der Waals surface area contributed by atoms with Gasteiger partial charge in [0.25, 0.3) is 0 Å². The summed E-state index contributed by atoms with van der Waals surface area (Å²) in [6.45, 7) is 1.52. The van der Waals surface area contributed by atoms with Gasteiger partial charge >= 0.3 is 0 Å². The maximum atomic E-state index is 12.6. The molecule has 0 atom stereocenters. The maximum Gasteiger partial charge on any atom is 0.137 e. The van der Waals surface area contributed by atoms with Gasteiger partial charge in [-0.05, 0) is 40.5 Å². The van der Waals surface area contributed by atoms with Gasteiger partial charge in [-0.25, -0.2) is 8.78 Å². The van der Waals surface area contributed by atoms with Crippen LogP contribution < -0.4 is 0 Å². The van der Waals surface area contributed by atoms with E-state index in [1.807, 2.05) is 0 Å². The Bertz CT molecular complexity index is 208. The minimum absolute atomic E-state index is 0.163. The molecule has 0 unspecified atom stereocenters. The maximum absolute atomic E-state index is 12.6. The van der Waals surface area contributed by atoms with Crippen LogP contribution in [0.3, 0.4) is 0 Å². The predicted octanol–water partition coefficient (Wildman–Crippen LogP) is 3.04. The molecule has 10 heavy (non-hydrogen) atoms. The van der Waals surface area contributed by atoms with Crippen LogP contribution >= 0.6 is 15.9 Å². The van der Waals surface area contributed by atoms with Gasteiger partial charge in [0, 0.05) is 0 Å². The Morgan fingerprint density at radius 3 is 2.30 bits per heavy atom. The van der Waals surface area contributed by atoms with Crippen LogP contribution in [0, 0.1) is 18.6 Å². The van der Waals surface area contributed by atoms with Crippen molar-refractivity contribution in [3.8, 4) is 0 Å². The first kappa shape index (κ1) is 7.66. The lowest BCUT2D eigenvalue weighted by molar-refractivity contribution is 0.587. The zero-order valence-corrected chi connectivity index (χ0v) is 6.87. The predicted molar refractivity (Wildman–Crippen MR) is 38.8 cm³/mol. The molecule has 1 aromatic carbocycles. The molecule has 54 valence electrons. The molecule has 0 aromatic heterocycles. The Labute approximate surface area is 66.0 Å². The molecule has 0 spiro atoms. The van der Waals surface area contributed by atoms with Crippen molar-refractivity contribution >= 4 is 15.9 Å². The van der Waals surface area contributed by atoms with Crippen molar-refractivity contribution in [1.82, 2.24) is 0 Å². The number of benzene rings is 1. The third-order valence-electron chi connectivity index (χ3n) is 1.20. The molecule has 0 amide bonds. The van der Waals surface area contributed by atoms with Crippen molar-refractivity contribution in [3.05, 3.63) is 33.8 Å². The quantitative estimate of drug-likeness (QED) is 0.573. The van der Waals surface area contributed by atoms with Crippen LogP contribution in [0.15, 0.2) is 16.6 Å². The van der Waals surface area contributed by atoms with Crippen molar-refractivity contribution in [1.29, 1.82) is 0 Å². The fourth-order valence-corrected chi connectivity index (χ4v) is 0.937. The van der Waals surface area contributed by atoms with E-state index in [1.54, 1.807) is 0 Å². The Balaban J connectivity index is 3.28. The summed E-state index contributed by atoms with van der Waals surface area (Å²) in [5.41, 5.74) is 0.320. The molecule has 0 aliphatic heterocycles. The molecule has 1 rings (SSSR count). The van der Waals surface area contributed by atoms with Crippen molar-refractivity contribution in [3.63, 3.8) is 0 Å². The van der Waals surface area contributed by atoms with Gasteiger partial charge < -0.3 is 0 Å². The van der Waals surface area contributed by atoms with E-state index in [-0.39, 0.29) is 4.47 Å². The summed E-state index contributed by atoms with van der Waals surface area (Å²) in [7, 11) is 0. The number of hydrogen-bond acceptors (Lipinski definition) is 0. The lowest BCUT2D eigenvalue weighted by Crippen LogP contribution is -1.85. The molecular formula is C7H5BrF2. The summed E-state index contributed by atoms with van der Waals surface area (Å²) in [4.78, 5) is 0. The van der Waals surface area contributed by atoms with Gasteiger partial charge in [0.15, 0.2) is 0 Å². The van der Waals surface area contributed by atoms with Crippen molar-refractivity contribution in [2.24, 2.45) is 0 Å². The summed E-state index contributed by atoms with van der Waals surface area (Å²) in [5, 5.41) is 0. The van der Waals surface area contributed by atoms with Crippen LogP contribution in [0.4, 0.5) is 8.78 Å². The minimum Gasteiger partial charge on any atom is -0.207 e. The molecule has 0 aliphatic rings. The van der Waals surface area contributed by atoms with Crippen LogP contribution in [0.2, 0.25) is 0 Å². The first-order valence-electron chi connectivity index (χ1n) is 2.72. The molecule has 0 saturated heterocycles. The fourth-order valence-electron chi connectivity index (χ4n) is 0.622. The molecular weight excluding hydrogens is 202 g/mol. The van der Waals surface area contributed by atoms with E-state index in [9.17, 15) is 8.78 Å². The van der Waals surface area contributed by atoms with E-state index in [4.69, 9.17) is 0 Å². The number of hydrogen-bond donors (Lipinski definition) is 0. The molecule has 0 bridgehead atoms. The van der Waals surface area contributed by atoms with E-state index in [0.29, 0.717) is 5.56 Å². The first-order chi connectivity index (χ1) is 4.61. The highest BCUT2D eigenvalue weighted by atomic mass is 79.9. The van der Waals surface area contributed by atoms with Crippen LogP contribution in [-0.2, 0) is 0 Å². The van der Waals surface area contributed by atoms with E-state index in [2.05, 4.69) is 15.9 Å². The number of aryl methyl sites for hydroxylation is 1. The summed E-state index contributed by atoms with van der Waals surface area (Å²) < 4.78 is 25.3. The molecule has 0 saturated carbocycles. The molecule has 0 aliphatic carbocycles. The Morgan fingerprint density at radius 2 is 1.80 bits per heavy atom. The zero-order valence-electron chi connectivity index (χ0n) is 5.29. The normalized spacial score (nSPS) is 10.0. The summed E-state index contributed by atoms with van der Waals surface area (Å²) in [6.07, 6.45) is 0. The van der Waals surface area contributed by atoms with Crippen LogP contribution in [0.5, 0.6) is 0 Å². The molecule has 0 heterocycles. The Morgan fingerprint density at radius 1 is 1.20 bits per heavy atom. The summed E-state index contributed by atoms with van der Waals surface area (Å²) in [5.74, 6) is -0.827. The number of halogens is 3. The van der Waals surface area contributed by atoms with E-state index in [0.717, 1.165) is 12.1 Å². The average molecular weight is 207 g/mol. The lowest BCUT2D eigenvalue weighted by atomic mass is 10.2. The lowest BCUT2D eigenvalue weighted by Gasteiger charge is -1.97. The van der Waals surface area contributed by atoms with Gasteiger partial charge in [0.2, 0.25) is 0 Å². The fraction of sp³-hybridized carbons (Fsp3) is 0.143. The van der Waals surface area contributed by atoms with E-state index in [1.165, 1.54) is 6.92 Å². The second kappa shape index (κ2) is 2.66. The van der Waals surface area contributed by atoms with Crippen LogP contribution in [0.25, 0.3) is 0 Å². The van der Waals surface area contributed by atoms with E-state index < -0.39 is 11.6 Å². The van der Waals surface area contributed by atoms with Crippen LogP contribution in [0.1, 0.15) is 5.56 Å². The SMILES string of the molecule is Cc1cc(F)c(Br)cc1F. The average Bonchev–Trinajstić information content (AvgIpc) is 1.84. The van der Waals surface area contributed by atoms with Crippen molar-refractivity contribution in [2.45, 2.75) is 6.92 Å². The highest BCUT2D eigenvalue weighted by Gasteiger charge is 2.02. The van der Waals surface area contributed by atoms with Gasteiger partial charge in [-0.3, -0.25) is 0 Å². The van der Waals surface area contributed by atoms with E-state index >= 15 is 0 Å². The molecule has 0 N–H and O–H groups in total. The molecule has 0 radical (unpaired) electrons. The van der Waals surface area contributed by atoms with Crippen molar-refractivity contribution < 1.29 is 8.78 Å². The summed E-state index contributed by atoms with van der Waals surface area (Å²) in [6, 6.07) is 2.27. The van der Waals surface area contributed by atoms with Gasteiger partial charge in [0.1, 0.15) is 11.6 Å². The zero-order chi connectivity index (χ0) is 7.72. The summed E-state index contributed by atoms with van der Waals surface area (Å²) >= 11 is 2.87. The largest absolute Gasteiger partial charge is 0.207 e.